The number of ether oxygens (including phenoxy) is 2. The van der Waals surface area contributed by atoms with Gasteiger partial charge in [-0.2, -0.15) is 0 Å². The quantitative estimate of drug-likeness (QED) is 0.0835. The van der Waals surface area contributed by atoms with Crippen LogP contribution in [0, 0.1) is 0 Å². The lowest BCUT2D eigenvalue weighted by Crippen LogP contribution is -2.41. The number of fused-ring (bicyclic) bond motifs is 3. The van der Waals surface area contributed by atoms with Crippen LogP contribution in [-0.4, -0.2) is 44.2 Å². The van der Waals surface area contributed by atoms with Crippen molar-refractivity contribution in [3.8, 4) is 11.5 Å². The van der Waals surface area contributed by atoms with Crippen LogP contribution >= 0.6 is 0 Å². The Balaban J connectivity index is 1.11. The number of rotatable bonds is 15. The molecule has 9 nitrogen and oxygen atoms in total. The van der Waals surface area contributed by atoms with Crippen molar-refractivity contribution in [2.24, 2.45) is 0 Å². The lowest BCUT2D eigenvalue weighted by Gasteiger charge is -2.33. The van der Waals surface area contributed by atoms with Crippen LogP contribution in [0.4, 0.5) is 0 Å². The molecule has 296 valence electrons. The monoisotopic (exact) mass is 775 g/mol. The number of benzene rings is 5. The molecule has 1 unspecified atom stereocenters. The molecule has 0 radical (unpaired) electrons. The van der Waals surface area contributed by atoms with Gasteiger partial charge in [0.05, 0.1) is 23.2 Å². The number of aliphatic hydroxyl groups excluding tert-OH is 2. The first-order chi connectivity index (χ1) is 28.3. The van der Waals surface area contributed by atoms with Crippen molar-refractivity contribution < 1.29 is 19.7 Å². The topological polar surface area (TPSA) is 128 Å². The highest BCUT2D eigenvalue weighted by molar-refractivity contribution is 5.88. The maximum atomic E-state index is 12.6. The second-order valence-electron chi connectivity index (χ2n) is 15.2. The van der Waals surface area contributed by atoms with E-state index >= 15 is 0 Å². The first kappa shape index (κ1) is 38.9. The lowest BCUT2D eigenvalue weighted by atomic mass is 9.97. The Bertz CT molecular complexity index is 2480. The predicted molar refractivity (Wildman–Crippen MR) is 229 cm³/mol. The van der Waals surface area contributed by atoms with Gasteiger partial charge in [-0.1, -0.05) is 98.8 Å². The van der Waals surface area contributed by atoms with E-state index in [1.54, 1.807) is 24.3 Å². The van der Waals surface area contributed by atoms with Crippen molar-refractivity contribution >= 4 is 21.8 Å². The van der Waals surface area contributed by atoms with Gasteiger partial charge in [0.2, 0.25) is 11.1 Å². The highest BCUT2D eigenvalue weighted by Gasteiger charge is 2.32. The number of aromatic amines is 2. The molecule has 2 heterocycles. The number of pyridine rings is 2. The van der Waals surface area contributed by atoms with Gasteiger partial charge in [-0.25, -0.2) is 0 Å². The summed E-state index contributed by atoms with van der Waals surface area (Å²) in [6.45, 7) is 5.48. The van der Waals surface area contributed by atoms with Gasteiger partial charge < -0.3 is 29.7 Å². The van der Waals surface area contributed by atoms with Gasteiger partial charge in [-0.05, 0) is 94.5 Å². The van der Waals surface area contributed by atoms with Crippen molar-refractivity contribution in [3.63, 3.8) is 0 Å². The number of aliphatic hydroxyl groups is 2. The summed E-state index contributed by atoms with van der Waals surface area (Å²) in [5, 5.41) is 25.7. The Kier molecular flexibility index (Phi) is 11.5. The molecule has 0 fully saturated rings. The Morgan fingerprint density at radius 2 is 1.03 bits per heavy atom. The standard InChI is InChI=1S/C49H49N3O6/c1-3-33-23-35-25-37(26-36(35)24-34(33)4-2)52(27-42(53)38-15-19-44(48-40(38)17-21-46(55)50-48)57-29-31-11-7-5-8-12-31)28-43(54)39-16-20-45(49-41(39)18-22-47(56)51-49)58-30-32-13-9-6-10-14-32/h5-24,37,42-43,53-54H,3-4,25-30H2,1-2H3,(H,50,55)(H,51,56)/t42-,43?/m0/s1. The summed E-state index contributed by atoms with van der Waals surface area (Å²) < 4.78 is 12.4. The molecule has 9 heteroatoms. The lowest BCUT2D eigenvalue weighted by molar-refractivity contribution is 0.0470. The minimum Gasteiger partial charge on any atom is -0.487 e. The summed E-state index contributed by atoms with van der Waals surface area (Å²) in [6, 6.07) is 38.1. The molecule has 0 amide bonds. The van der Waals surface area contributed by atoms with E-state index in [0.717, 1.165) is 36.8 Å². The third-order valence-electron chi connectivity index (χ3n) is 11.5. The SMILES string of the molecule is CCc1cc2c(cc1CC)CC(N(CC(O)c1ccc(OCc3ccccc3)c3[nH]c(=O)ccc13)C[C@H](O)c1ccc(OCc3ccccc3)c3[nH]c(=O)ccc13)C2. The van der Waals surface area contributed by atoms with Crippen molar-refractivity contribution in [2.75, 3.05) is 13.1 Å². The summed E-state index contributed by atoms with van der Waals surface area (Å²) in [6.07, 6.45) is 1.56. The number of H-pyrrole nitrogens is 2. The van der Waals surface area contributed by atoms with Gasteiger partial charge in [-0.3, -0.25) is 14.5 Å². The zero-order valence-corrected chi connectivity index (χ0v) is 32.9. The van der Waals surface area contributed by atoms with Crippen LogP contribution in [0.5, 0.6) is 11.5 Å². The third kappa shape index (κ3) is 8.34. The van der Waals surface area contributed by atoms with Crippen molar-refractivity contribution in [3.05, 3.63) is 187 Å². The van der Waals surface area contributed by atoms with E-state index in [0.29, 0.717) is 57.6 Å². The molecule has 0 saturated heterocycles. The Labute approximate surface area is 337 Å². The predicted octanol–water partition coefficient (Wildman–Crippen LogP) is 7.89. The zero-order valence-electron chi connectivity index (χ0n) is 32.9. The molecule has 8 rings (SSSR count). The summed E-state index contributed by atoms with van der Waals surface area (Å²) in [5.41, 5.74) is 9.14. The van der Waals surface area contributed by atoms with E-state index in [-0.39, 0.29) is 30.2 Å². The molecule has 2 aromatic heterocycles. The van der Waals surface area contributed by atoms with E-state index in [2.05, 4.69) is 40.8 Å². The largest absolute Gasteiger partial charge is 0.487 e. The molecular weight excluding hydrogens is 727 g/mol. The highest BCUT2D eigenvalue weighted by atomic mass is 16.5. The molecular formula is C49H49N3O6. The maximum Gasteiger partial charge on any atom is 0.248 e. The van der Waals surface area contributed by atoms with Crippen LogP contribution in [0.2, 0.25) is 0 Å². The van der Waals surface area contributed by atoms with E-state index in [1.807, 2.05) is 72.8 Å². The van der Waals surface area contributed by atoms with Crippen LogP contribution in [0.15, 0.2) is 131 Å². The molecule has 58 heavy (non-hydrogen) atoms. The first-order valence-electron chi connectivity index (χ1n) is 20.2. The molecule has 2 atom stereocenters. The second-order valence-corrected chi connectivity index (χ2v) is 15.2. The van der Waals surface area contributed by atoms with Gasteiger partial charge in [0.25, 0.3) is 0 Å². The van der Waals surface area contributed by atoms with E-state index in [1.165, 1.54) is 34.4 Å². The zero-order chi connectivity index (χ0) is 40.2. The van der Waals surface area contributed by atoms with E-state index in [9.17, 15) is 19.8 Å². The van der Waals surface area contributed by atoms with Gasteiger partial charge in [-0.15, -0.1) is 0 Å². The molecule has 5 aromatic carbocycles. The Morgan fingerprint density at radius 3 is 1.45 bits per heavy atom. The van der Waals surface area contributed by atoms with Crippen LogP contribution in [0.3, 0.4) is 0 Å². The first-order valence-corrected chi connectivity index (χ1v) is 20.2. The molecule has 4 N–H and O–H groups in total. The number of nitrogens with one attached hydrogen (secondary N) is 2. The average Bonchev–Trinajstić information content (AvgIpc) is 3.67. The molecule has 7 aromatic rings. The van der Waals surface area contributed by atoms with Gasteiger partial charge >= 0.3 is 0 Å². The third-order valence-corrected chi connectivity index (χ3v) is 11.5. The van der Waals surface area contributed by atoms with Crippen molar-refractivity contribution in [2.45, 2.75) is 71.0 Å². The van der Waals surface area contributed by atoms with E-state index < -0.39 is 12.2 Å². The normalized spacial score (nSPS) is 13.9. The van der Waals surface area contributed by atoms with Gasteiger partial charge in [0, 0.05) is 42.0 Å². The fourth-order valence-corrected chi connectivity index (χ4v) is 8.47. The number of nitrogens with zero attached hydrogens (tertiary/aromatic N) is 1. The smallest absolute Gasteiger partial charge is 0.248 e. The molecule has 0 aliphatic heterocycles. The fourth-order valence-electron chi connectivity index (χ4n) is 8.47. The minimum absolute atomic E-state index is 0.00946. The van der Waals surface area contributed by atoms with Crippen LogP contribution in [0.1, 0.15) is 70.6 Å². The molecule has 1 aliphatic carbocycles. The summed E-state index contributed by atoms with van der Waals surface area (Å²) in [5.74, 6) is 1.04. The summed E-state index contributed by atoms with van der Waals surface area (Å²) >= 11 is 0. The van der Waals surface area contributed by atoms with Crippen molar-refractivity contribution in [1.29, 1.82) is 0 Å². The molecule has 0 spiro atoms. The average molecular weight is 776 g/mol. The molecule has 1 aliphatic rings. The highest BCUT2D eigenvalue weighted by Crippen LogP contribution is 2.36. The molecule has 0 bridgehead atoms. The second kappa shape index (κ2) is 17.2. The van der Waals surface area contributed by atoms with Crippen LogP contribution < -0.4 is 20.6 Å². The van der Waals surface area contributed by atoms with Crippen molar-refractivity contribution in [1.82, 2.24) is 14.9 Å². The fraction of sp³-hybridized carbons (Fsp3) is 0.265. The number of aromatic nitrogens is 2. The Hall–Kier alpha value is -6.00. The number of hydrogen-bond acceptors (Lipinski definition) is 7. The van der Waals surface area contributed by atoms with Crippen LogP contribution in [0.25, 0.3) is 21.8 Å². The minimum atomic E-state index is -0.966. The summed E-state index contributed by atoms with van der Waals surface area (Å²) in [4.78, 5) is 33.3. The van der Waals surface area contributed by atoms with Gasteiger partial charge in [0.15, 0.2) is 0 Å². The maximum absolute atomic E-state index is 12.6. The van der Waals surface area contributed by atoms with Gasteiger partial charge in [0.1, 0.15) is 24.7 Å². The number of aryl methyl sites for hydroxylation is 2. The van der Waals surface area contributed by atoms with Crippen LogP contribution in [-0.2, 0) is 38.9 Å². The number of hydrogen-bond donors (Lipinski definition) is 4. The Morgan fingerprint density at radius 1 is 0.603 bits per heavy atom. The molecule has 0 saturated carbocycles. The summed E-state index contributed by atoms with van der Waals surface area (Å²) in [7, 11) is 0. The van der Waals surface area contributed by atoms with E-state index in [4.69, 9.17) is 9.47 Å².